The lowest BCUT2D eigenvalue weighted by atomic mass is 9.86. The molecule has 0 radical (unpaired) electrons. The Hall–Kier alpha value is -1.68. The van der Waals surface area contributed by atoms with Gasteiger partial charge >= 0.3 is 5.97 Å². The molecule has 0 bridgehead atoms. The number of hydrogen-bond donors (Lipinski definition) is 2. The zero-order valence-corrected chi connectivity index (χ0v) is 17.9. The zero-order chi connectivity index (χ0) is 21.1. The van der Waals surface area contributed by atoms with Gasteiger partial charge in [-0.25, -0.2) is 0 Å². The molecule has 1 fully saturated rings. The van der Waals surface area contributed by atoms with Crippen LogP contribution in [-0.4, -0.2) is 27.6 Å². The minimum Gasteiger partial charge on any atom is -0.481 e. The quantitative estimate of drug-likeness (QED) is 0.275. The summed E-state index contributed by atoms with van der Waals surface area (Å²) >= 11 is 0. The molecule has 0 amide bonds. The van der Waals surface area contributed by atoms with Gasteiger partial charge in [-0.1, -0.05) is 63.0 Å². The number of aliphatic carboxylic acids is 1. The van der Waals surface area contributed by atoms with Crippen LogP contribution < -0.4 is 0 Å². The predicted molar refractivity (Wildman–Crippen MR) is 117 cm³/mol. The standard InChI is InChI=1S/C25H38O4/c1-2-3-4-9-18-25(29,21-15-16-21)19-10-11-20-14-17-23(26)22(20)12-7-5-6-8-13-24(27)28/h5,7,10-11,14,17,20-22,29H,2-4,6,8-9,12-13,15-16,18-19H2,1H3,(H,27,28)/b7-5-,11-10?/t20-,22+,25?/m0/s1. The molecule has 1 saturated carbocycles. The summed E-state index contributed by atoms with van der Waals surface area (Å²) < 4.78 is 0. The highest BCUT2D eigenvalue weighted by Crippen LogP contribution is 2.44. The summed E-state index contributed by atoms with van der Waals surface area (Å²) in [5.41, 5.74) is -0.573. The van der Waals surface area contributed by atoms with Crippen LogP contribution in [0.3, 0.4) is 0 Å². The van der Waals surface area contributed by atoms with Crippen LogP contribution in [0.1, 0.15) is 84.0 Å². The first-order chi connectivity index (χ1) is 14.0. The van der Waals surface area contributed by atoms with Crippen molar-refractivity contribution in [3.8, 4) is 0 Å². The van der Waals surface area contributed by atoms with Crippen LogP contribution in [0.15, 0.2) is 36.5 Å². The van der Waals surface area contributed by atoms with Gasteiger partial charge in [0, 0.05) is 18.3 Å². The third-order valence-electron chi connectivity index (χ3n) is 6.26. The maximum atomic E-state index is 12.2. The Morgan fingerprint density at radius 2 is 1.97 bits per heavy atom. The second kappa shape index (κ2) is 12.1. The first-order valence-corrected chi connectivity index (χ1v) is 11.4. The summed E-state index contributed by atoms with van der Waals surface area (Å²) in [5, 5.41) is 19.8. The molecule has 29 heavy (non-hydrogen) atoms. The van der Waals surface area contributed by atoms with Crippen molar-refractivity contribution in [3.05, 3.63) is 36.5 Å². The van der Waals surface area contributed by atoms with E-state index in [0.29, 0.717) is 25.2 Å². The normalized spacial score (nSPS) is 24.0. The number of ketones is 1. The molecule has 4 heteroatoms. The van der Waals surface area contributed by atoms with Crippen molar-refractivity contribution in [2.75, 3.05) is 0 Å². The summed E-state index contributed by atoms with van der Waals surface area (Å²) in [4.78, 5) is 22.7. The van der Waals surface area contributed by atoms with Crippen molar-refractivity contribution in [1.82, 2.24) is 0 Å². The van der Waals surface area contributed by atoms with Gasteiger partial charge in [-0.2, -0.15) is 0 Å². The first kappa shape index (κ1) is 23.6. The average Bonchev–Trinajstić information content (AvgIpc) is 3.48. The average molecular weight is 403 g/mol. The van der Waals surface area contributed by atoms with Crippen LogP contribution >= 0.6 is 0 Å². The molecule has 2 aliphatic carbocycles. The van der Waals surface area contributed by atoms with E-state index < -0.39 is 11.6 Å². The number of rotatable bonds is 15. The second-order valence-corrected chi connectivity index (χ2v) is 8.76. The molecule has 162 valence electrons. The van der Waals surface area contributed by atoms with Gasteiger partial charge < -0.3 is 10.2 Å². The molecule has 0 aromatic heterocycles. The highest BCUT2D eigenvalue weighted by atomic mass is 16.4. The number of aliphatic hydroxyl groups is 1. The van der Waals surface area contributed by atoms with E-state index in [-0.39, 0.29) is 24.0 Å². The summed E-state index contributed by atoms with van der Waals surface area (Å²) in [5.74, 6) is -0.142. The second-order valence-electron chi connectivity index (χ2n) is 8.76. The molecule has 0 aliphatic heterocycles. The Morgan fingerprint density at radius 1 is 1.17 bits per heavy atom. The van der Waals surface area contributed by atoms with E-state index in [4.69, 9.17) is 5.11 Å². The first-order valence-electron chi connectivity index (χ1n) is 11.4. The number of carboxylic acid groups (broad SMARTS) is 1. The third-order valence-corrected chi connectivity index (χ3v) is 6.26. The van der Waals surface area contributed by atoms with Crippen molar-refractivity contribution in [2.24, 2.45) is 17.8 Å². The van der Waals surface area contributed by atoms with E-state index in [1.165, 1.54) is 19.3 Å². The molecule has 0 heterocycles. The fourth-order valence-corrected chi connectivity index (χ4v) is 4.24. The molecular formula is C25H38O4. The lowest BCUT2D eigenvalue weighted by molar-refractivity contribution is -0.137. The fourth-order valence-electron chi connectivity index (χ4n) is 4.24. The molecule has 2 N–H and O–H groups in total. The van der Waals surface area contributed by atoms with Crippen molar-refractivity contribution in [2.45, 2.75) is 89.6 Å². The fraction of sp³-hybridized carbons (Fsp3) is 0.680. The summed E-state index contributed by atoms with van der Waals surface area (Å²) in [6, 6.07) is 0. The van der Waals surface area contributed by atoms with E-state index in [1.54, 1.807) is 6.08 Å². The minimum atomic E-state index is -0.768. The molecular weight excluding hydrogens is 364 g/mol. The van der Waals surface area contributed by atoms with Gasteiger partial charge in [0.25, 0.3) is 0 Å². The lowest BCUT2D eigenvalue weighted by Crippen LogP contribution is -2.30. The van der Waals surface area contributed by atoms with E-state index in [0.717, 1.165) is 32.1 Å². The topological polar surface area (TPSA) is 74.6 Å². The number of carboxylic acids is 1. The summed E-state index contributed by atoms with van der Waals surface area (Å²) in [6.07, 6.45) is 22.6. The van der Waals surface area contributed by atoms with Gasteiger partial charge in [-0.15, -0.1) is 0 Å². The summed E-state index contributed by atoms with van der Waals surface area (Å²) in [7, 11) is 0. The molecule has 4 nitrogen and oxygen atoms in total. The Morgan fingerprint density at radius 3 is 2.66 bits per heavy atom. The number of allylic oxidation sites excluding steroid dienone is 5. The van der Waals surface area contributed by atoms with Crippen LogP contribution in [0.25, 0.3) is 0 Å². The molecule has 2 rings (SSSR count). The summed E-state index contributed by atoms with van der Waals surface area (Å²) in [6.45, 7) is 2.20. The van der Waals surface area contributed by atoms with Crippen molar-refractivity contribution >= 4 is 11.8 Å². The molecule has 0 saturated heterocycles. The molecule has 0 aromatic carbocycles. The minimum absolute atomic E-state index is 0.0689. The maximum Gasteiger partial charge on any atom is 0.303 e. The van der Waals surface area contributed by atoms with E-state index in [9.17, 15) is 14.7 Å². The maximum absolute atomic E-state index is 12.2. The van der Waals surface area contributed by atoms with Gasteiger partial charge in [0.2, 0.25) is 0 Å². The van der Waals surface area contributed by atoms with E-state index in [2.05, 4.69) is 19.1 Å². The van der Waals surface area contributed by atoms with Crippen molar-refractivity contribution < 1.29 is 19.8 Å². The van der Waals surface area contributed by atoms with Crippen molar-refractivity contribution in [3.63, 3.8) is 0 Å². The molecule has 2 aliphatic rings. The third kappa shape index (κ3) is 8.30. The van der Waals surface area contributed by atoms with Gasteiger partial charge in [0.1, 0.15) is 0 Å². The Kier molecular flexibility index (Phi) is 9.86. The Bertz CT molecular complexity index is 614. The highest BCUT2D eigenvalue weighted by Gasteiger charge is 2.42. The number of hydrogen-bond acceptors (Lipinski definition) is 3. The Balaban J connectivity index is 1.80. The molecule has 1 unspecified atom stereocenters. The van der Waals surface area contributed by atoms with Crippen LogP contribution in [0.4, 0.5) is 0 Å². The largest absolute Gasteiger partial charge is 0.481 e. The lowest BCUT2D eigenvalue weighted by Gasteiger charge is -2.27. The molecule has 0 aromatic rings. The van der Waals surface area contributed by atoms with Crippen LogP contribution in [0, 0.1) is 17.8 Å². The van der Waals surface area contributed by atoms with Gasteiger partial charge in [0.15, 0.2) is 5.78 Å². The predicted octanol–water partition coefficient (Wildman–Crippen LogP) is 5.62. The monoisotopic (exact) mass is 402 g/mol. The van der Waals surface area contributed by atoms with Crippen molar-refractivity contribution in [1.29, 1.82) is 0 Å². The number of carbonyl (C=O) groups is 2. The molecule has 0 spiro atoms. The van der Waals surface area contributed by atoms with Crippen LogP contribution in [0.5, 0.6) is 0 Å². The van der Waals surface area contributed by atoms with Crippen LogP contribution in [0.2, 0.25) is 0 Å². The van der Waals surface area contributed by atoms with Crippen LogP contribution in [-0.2, 0) is 9.59 Å². The number of carbonyl (C=O) groups excluding carboxylic acids is 1. The van der Waals surface area contributed by atoms with Gasteiger partial charge in [-0.3, -0.25) is 9.59 Å². The van der Waals surface area contributed by atoms with E-state index >= 15 is 0 Å². The molecule has 3 atom stereocenters. The highest BCUT2D eigenvalue weighted by molar-refractivity contribution is 5.95. The van der Waals surface area contributed by atoms with Gasteiger partial charge in [-0.05, 0) is 56.9 Å². The SMILES string of the molecule is CCCCCCC(O)(CC=C[C@H]1C=CC(=O)[C@@H]1C/C=C\CCCC(=O)O)C1CC1. The Labute approximate surface area is 175 Å². The van der Waals surface area contributed by atoms with E-state index in [1.807, 2.05) is 18.2 Å². The van der Waals surface area contributed by atoms with Gasteiger partial charge in [0.05, 0.1) is 5.60 Å². The zero-order valence-electron chi connectivity index (χ0n) is 17.9. The number of unbranched alkanes of at least 4 members (excludes halogenated alkanes) is 4. The smallest absolute Gasteiger partial charge is 0.303 e.